The first kappa shape index (κ1) is 13.3. The molecule has 2 N–H and O–H groups in total. The summed E-state index contributed by atoms with van der Waals surface area (Å²) in [6.45, 7) is 0. The van der Waals surface area contributed by atoms with Crippen LogP contribution in [0.25, 0.3) is 0 Å². The van der Waals surface area contributed by atoms with Crippen LogP contribution in [0, 0.1) is 11.3 Å². The van der Waals surface area contributed by atoms with Crippen LogP contribution < -0.4 is 10.5 Å². The van der Waals surface area contributed by atoms with Crippen molar-refractivity contribution in [1.29, 1.82) is 5.26 Å². The van der Waals surface area contributed by atoms with Gasteiger partial charge in [-0.2, -0.15) is 5.26 Å². The predicted molar refractivity (Wildman–Crippen MR) is 77.3 cm³/mol. The van der Waals surface area contributed by atoms with Gasteiger partial charge in [0.15, 0.2) is 0 Å². The van der Waals surface area contributed by atoms with Crippen molar-refractivity contribution >= 4 is 17.4 Å². The van der Waals surface area contributed by atoms with Crippen LogP contribution in [-0.2, 0) is 6.42 Å². The average molecular weight is 270 g/mol. The Labute approximate surface area is 117 Å². The SMILES string of the molecule is COc1ccccc1Sc1ccc(N)c(CC#N)c1. The minimum Gasteiger partial charge on any atom is -0.496 e. The highest BCUT2D eigenvalue weighted by atomic mass is 32.2. The molecule has 3 nitrogen and oxygen atoms in total. The summed E-state index contributed by atoms with van der Waals surface area (Å²) in [6, 6.07) is 15.7. The first-order chi connectivity index (χ1) is 9.24. The first-order valence-corrected chi connectivity index (χ1v) is 6.62. The molecule has 0 unspecified atom stereocenters. The van der Waals surface area contributed by atoms with Crippen LogP contribution in [0.3, 0.4) is 0 Å². The zero-order valence-electron chi connectivity index (χ0n) is 10.6. The minimum absolute atomic E-state index is 0.326. The fraction of sp³-hybridized carbons (Fsp3) is 0.133. The number of ether oxygens (including phenoxy) is 1. The Morgan fingerprint density at radius 1 is 1.26 bits per heavy atom. The quantitative estimate of drug-likeness (QED) is 0.864. The van der Waals surface area contributed by atoms with Gasteiger partial charge in [-0.05, 0) is 35.9 Å². The number of nitrogen functional groups attached to an aromatic ring is 1. The van der Waals surface area contributed by atoms with Gasteiger partial charge in [-0.3, -0.25) is 0 Å². The number of para-hydroxylation sites is 1. The molecule has 0 radical (unpaired) electrons. The largest absolute Gasteiger partial charge is 0.496 e. The minimum atomic E-state index is 0.326. The highest BCUT2D eigenvalue weighted by molar-refractivity contribution is 7.99. The Morgan fingerprint density at radius 3 is 2.79 bits per heavy atom. The number of hydrogen-bond acceptors (Lipinski definition) is 4. The van der Waals surface area contributed by atoms with Gasteiger partial charge in [-0.1, -0.05) is 23.9 Å². The van der Waals surface area contributed by atoms with Crippen LogP contribution in [0.2, 0.25) is 0 Å². The number of anilines is 1. The number of hydrogen-bond donors (Lipinski definition) is 1. The molecule has 0 saturated carbocycles. The molecule has 2 aromatic carbocycles. The van der Waals surface area contributed by atoms with E-state index in [1.54, 1.807) is 18.9 Å². The Kier molecular flexibility index (Phi) is 4.32. The monoisotopic (exact) mass is 270 g/mol. The Morgan fingerprint density at radius 2 is 2.05 bits per heavy atom. The van der Waals surface area contributed by atoms with Crippen molar-refractivity contribution < 1.29 is 4.74 Å². The third kappa shape index (κ3) is 3.21. The second-order valence-electron chi connectivity index (χ2n) is 3.95. The number of nitrogens with two attached hydrogens (primary N) is 1. The van der Waals surface area contributed by atoms with E-state index in [1.807, 2.05) is 42.5 Å². The van der Waals surface area contributed by atoms with E-state index in [9.17, 15) is 0 Å². The summed E-state index contributed by atoms with van der Waals surface area (Å²) in [4.78, 5) is 2.08. The van der Waals surface area contributed by atoms with Crippen LogP contribution in [0.1, 0.15) is 5.56 Å². The lowest BCUT2D eigenvalue weighted by Gasteiger charge is -2.09. The first-order valence-electron chi connectivity index (χ1n) is 5.81. The van der Waals surface area contributed by atoms with E-state index in [4.69, 9.17) is 15.7 Å². The Bertz CT molecular complexity index is 620. The van der Waals surface area contributed by atoms with Crippen LogP contribution in [0.5, 0.6) is 5.75 Å². The average Bonchev–Trinajstić information content (AvgIpc) is 2.43. The lowest BCUT2D eigenvalue weighted by Crippen LogP contribution is -1.93. The van der Waals surface area contributed by atoms with Crippen LogP contribution in [0.4, 0.5) is 5.69 Å². The smallest absolute Gasteiger partial charge is 0.132 e. The molecule has 0 aliphatic heterocycles. The summed E-state index contributed by atoms with van der Waals surface area (Å²) in [5.74, 6) is 0.839. The lowest BCUT2D eigenvalue weighted by atomic mass is 10.1. The molecule has 0 heterocycles. The van der Waals surface area contributed by atoms with Gasteiger partial charge in [-0.15, -0.1) is 0 Å². The number of nitriles is 1. The molecule has 0 atom stereocenters. The third-order valence-corrected chi connectivity index (χ3v) is 3.73. The molecule has 4 heteroatoms. The maximum absolute atomic E-state index is 8.77. The van der Waals surface area contributed by atoms with Crippen LogP contribution in [0.15, 0.2) is 52.3 Å². The zero-order valence-corrected chi connectivity index (χ0v) is 11.4. The van der Waals surface area contributed by atoms with Gasteiger partial charge in [0, 0.05) is 10.6 Å². The molecule has 0 aliphatic carbocycles. The van der Waals surface area contributed by atoms with Crippen molar-refractivity contribution in [2.75, 3.05) is 12.8 Å². The number of nitrogens with zero attached hydrogens (tertiary/aromatic N) is 1. The highest BCUT2D eigenvalue weighted by Gasteiger charge is 2.06. The maximum Gasteiger partial charge on any atom is 0.132 e. The van der Waals surface area contributed by atoms with Gasteiger partial charge in [-0.25, -0.2) is 0 Å². The molecule has 0 spiro atoms. The second kappa shape index (κ2) is 6.17. The van der Waals surface area contributed by atoms with Crippen molar-refractivity contribution in [1.82, 2.24) is 0 Å². The normalized spacial score (nSPS) is 9.89. The molecule has 2 aromatic rings. The molecule has 0 bridgehead atoms. The van der Waals surface area contributed by atoms with E-state index in [-0.39, 0.29) is 0 Å². The summed E-state index contributed by atoms with van der Waals surface area (Å²) in [6.07, 6.45) is 0.326. The van der Waals surface area contributed by atoms with Gasteiger partial charge in [0.05, 0.1) is 24.5 Å². The highest BCUT2D eigenvalue weighted by Crippen LogP contribution is 2.35. The van der Waals surface area contributed by atoms with Crippen LogP contribution in [-0.4, -0.2) is 7.11 Å². The molecule has 0 fully saturated rings. The number of benzene rings is 2. The van der Waals surface area contributed by atoms with Crippen molar-refractivity contribution in [3.8, 4) is 11.8 Å². The van der Waals surface area contributed by atoms with E-state index in [1.165, 1.54) is 0 Å². The fourth-order valence-corrected chi connectivity index (χ4v) is 2.70. The summed E-state index contributed by atoms with van der Waals surface area (Å²) in [7, 11) is 1.66. The van der Waals surface area contributed by atoms with Gasteiger partial charge >= 0.3 is 0 Å². The molecule has 0 amide bonds. The number of methoxy groups -OCH3 is 1. The molecule has 19 heavy (non-hydrogen) atoms. The summed E-state index contributed by atoms with van der Waals surface area (Å²) in [5.41, 5.74) is 7.36. The Balaban J connectivity index is 2.28. The molecular weight excluding hydrogens is 256 g/mol. The molecule has 2 rings (SSSR count). The standard InChI is InChI=1S/C15H14N2OS/c1-18-14-4-2-3-5-15(14)19-12-6-7-13(17)11(10-12)8-9-16/h2-7,10H,8,17H2,1H3. The van der Waals surface area contributed by atoms with Gasteiger partial charge in [0.25, 0.3) is 0 Å². The topological polar surface area (TPSA) is 59.0 Å². The number of rotatable bonds is 4. The second-order valence-corrected chi connectivity index (χ2v) is 5.06. The van der Waals surface area contributed by atoms with E-state index in [2.05, 4.69) is 6.07 Å². The predicted octanol–water partition coefficient (Wildman–Crippen LogP) is 3.49. The van der Waals surface area contributed by atoms with E-state index in [0.717, 1.165) is 21.1 Å². The van der Waals surface area contributed by atoms with Gasteiger partial charge in [0.1, 0.15) is 5.75 Å². The fourth-order valence-electron chi connectivity index (χ4n) is 1.71. The maximum atomic E-state index is 8.77. The van der Waals surface area contributed by atoms with Crippen LogP contribution >= 0.6 is 11.8 Å². The third-order valence-electron chi connectivity index (χ3n) is 2.68. The Hall–Kier alpha value is -2.12. The van der Waals surface area contributed by atoms with Crippen molar-refractivity contribution in [2.45, 2.75) is 16.2 Å². The summed E-state index contributed by atoms with van der Waals surface area (Å²) < 4.78 is 5.32. The zero-order chi connectivity index (χ0) is 13.7. The van der Waals surface area contributed by atoms with Crippen molar-refractivity contribution in [3.05, 3.63) is 48.0 Å². The van der Waals surface area contributed by atoms with E-state index < -0.39 is 0 Å². The molecule has 0 saturated heterocycles. The molecular formula is C15H14N2OS. The van der Waals surface area contributed by atoms with E-state index >= 15 is 0 Å². The molecule has 0 aromatic heterocycles. The van der Waals surface area contributed by atoms with Crippen molar-refractivity contribution in [2.24, 2.45) is 0 Å². The van der Waals surface area contributed by atoms with Crippen molar-refractivity contribution in [3.63, 3.8) is 0 Å². The van der Waals surface area contributed by atoms with Gasteiger partial charge in [0.2, 0.25) is 0 Å². The summed E-state index contributed by atoms with van der Waals surface area (Å²) >= 11 is 1.60. The summed E-state index contributed by atoms with van der Waals surface area (Å²) in [5, 5.41) is 8.77. The molecule has 96 valence electrons. The van der Waals surface area contributed by atoms with E-state index in [0.29, 0.717) is 12.1 Å². The lowest BCUT2D eigenvalue weighted by molar-refractivity contribution is 0.405. The van der Waals surface area contributed by atoms with Gasteiger partial charge < -0.3 is 10.5 Å². The molecule has 0 aliphatic rings.